The largest absolute Gasteiger partial charge is 0.319 e. The Balaban J connectivity index is 1.10. The molecule has 11 aromatic carbocycles. The lowest BCUT2D eigenvalue weighted by Gasteiger charge is -2.44. The number of aromatic nitrogens is 1. The number of rotatable bonds is 4. The number of anilines is 9. The summed E-state index contributed by atoms with van der Waals surface area (Å²) in [5.74, 6) is 0. The summed E-state index contributed by atoms with van der Waals surface area (Å²) in [6.45, 7) is 25.7. The second-order valence-corrected chi connectivity index (χ2v) is 31.9. The molecular formula is C78H71BN4Si. The highest BCUT2D eigenvalue weighted by atomic mass is 28.3. The monoisotopic (exact) mass is 1100 g/mol. The van der Waals surface area contributed by atoms with Crippen molar-refractivity contribution in [2.75, 3.05) is 14.7 Å². The van der Waals surface area contributed by atoms with Gasteiger partial charge in [-0.05, 0) is 156 Å². The van der Waals surface area contributed by atoms with Crippen molar-refractivity contribution in [3.05, 3.63) is 247 Å². The Hall–Kier alpha value is -8.84. The molecular weight excluding hydrogens is 1030 g/mol. The summed E-state index contributed by atoms with van der Waals surface area (Å²) in [5, 5.41) is 8.95. The van der Waals surface area contributed by atoms with Gasteiger partial charge in [-0.25, -0.2) is 0 Å². The molecule has 0 amide bonds. The van der Waals surface area contributed by atoms with Crippen LogP contribution in [-0.2, 0) is 16.2 Å². The maximum Gasteiger partial charge on any atom is 0.273 e. The molecule has 1 aromatic heterocycles. The van der Waals surface area contributed by atoms with Gasteiger partial charge in [0, 0.05) is 61.9 Å². The lowest BCUT2D eigenvalue weighted by atomic mass is 9.34. The van der Waals surface area contributed by atoms with Crippen molar-refractivity contribution in [1.82, 2.24) is 4.57 Å². The third-order valence-electron chi connectivity index (χ3n) is 18.8. The van der Waals surface area contributed by atoms with E-state index < -0.39 is 8.07 Å². The van der Waals surface area contributed by atoms with Crippen molar-refractivity contribution in [2.45, 2.75) is 91.7 Å². The molecule has 6 bridgehead atoms. The van der Waals surface area contributed by atoms with Crippen molar-refractivity contribution in [2.24, 2.45) is 0 Å². The molecule has 15 rings (SSSR count). The molecule has 410 valence electrons. The van der Waals surface area contributed by atoms with E-state index in [-0.39, 0.29) is 23.0 Å². The second kappa shape index (κ2) is 18.6. The Morgan fingerprint density at radius 2 is 0.845 bits per heavy atom. The van der Waals surface area contributed by atoms with Gasteiger partial charge < -0.3 is 19.3 Å². The predicted octanol–water partition coefficient (Wildman–Crippen LogP) is 18.2. The minimum Gasteiger partial charge on any atom is -0.319 e. The molecule has 0 radical (unpaired) electrons. The number of hydrogen-bond donors (Lipinski definition) is 0. The van der Waals surface area contributed by atoms with Gasteiger partial charge in [0.25, 0.3) is 6.71 Å². The molecule has 0 spiro atoms. The fourth-order valence-corrected chi connectivity index (χ4v) is 16.5. The fourth-order valence-electron chi connectivity index (χ4n) is 14.1. The Morgan fingerprint density at radius 1 is 0.345 bits per heavy atom. The molecule has 0 unspecified atom stereocenters. The van der Waals surface area contributed by atoms with Gasteiger partial charge in [-0.2, -0.15) is 0 Å². The van der Waals surface area contributed by atoms with E-state index in [1.54, 1.807) is 0 Å². The van der Waals surface area contributed by atoms with Crippen molar-refractivity contribution in [3.8, 4) is 16.8 Å². The fraction of sp³-hybridized carbons (Fsp3) is 0.179. The van der Waals surface area contributed by atoms with Gasteiger partial charge >= 0.3 is 0 Å². The van der Waals surface area contributed by atoms with Crippen molar-refractivity contribution in [3.63, 3.8) is 0 Å². The third-order valence-corrected chi connectivity index (χ3v) is 22.3. The summed E-state index contributed by atoms with van der Waals surface area (Å²) in [4.78, 5) is 7.85. The van der Waals surface area contributed by atoms with Crippen molar-refractivity contribution < 1.29 is 0 Å². The number of hydrogen-bond acceptors (Lipinski definition) is 3. The minimum absolute atomic E-state index is 0.00135. The first-order valence-electron chi connectivity index (χ1n) is 30.1. The number of benzene rings is 11. The van der Waals surface area contributed by atoms with Crippen LogP contribution in [0.15, 0.2) is 231 Å². The first kappa shape index (κ1) is 52.0. The first-order valence-corrected chi connectivity index (χ1v) is 33.1. The number of nitrogens with zero attached hydrogens (tertiary/aromatic N) is 4. The topological polar surface area (TPSA) is 14.7 Å². The van der Waals surface area contributed by atoms with Crippen molar-refractivity contribution in [1.29, 1.82) is 0 Å². The standard InChI is InChI=1S/C78H71BN4Si/c1-76(2,3)53-32-30-50(31-33-53)52-45-71-73-72(46-52)82(56-38-34-54(35-39-56)77(4,5)6)74-66-28-16-17-29-68(66)83(57-40-36-55(37-41-57)78(7,8)9)75(74)79(73)67-43-42-60-49-70(67)81(71)59-22-19-24-62(48-59)84(10,11)61-23-18-21-58(47-61)80(60)69-44-51-20-12-13-25-63(51)64-26-14-15-27-65(64)69/h12-49H,1-11H3. The zero-order valence-electron chi connectivity index (χ0n) is 50.3. The number of fused-ring (bicyclic) bond motifs is 15. The van der Waals surface area contributed by atoms with Crippen LogP contribution in [0.4, 0.5) is 51.2 Å². The zero-order valence-corrected chi connectivity index (χ0v) is 51.3. The molecule has 4 nitrogen and oxygen atoms in total. The molecule has 3 aliphatic rings. The lowest BCUT2D eigenvalue weighted by molar-refractivity contribution is 0.590. The van der Waals surface area contributed by atoms with E-state index in [0.717, 1.165) is 34.1 Å². The van der Waals surface area contributed by atoms with E-state index >= 15 is 0 Å². The van der Waals surface area contributed by atoms with Crippen LogP contribution in [-0.4, -0.2) is 19.4 Å². The molecule has 0 saturated heterocycles. The van der Waals surface area contributed by atoms with Crippen LogP contribution in [0.2, 0.25) is 13.1 Å². The first-order chi connectivity index (χ1) is 40.3. The molecule has 6 heteroatoms. The molecule has 0 N–H and O–H groups in total. The molecule has 12 aromatic rings. The van der Waals surface area contributed by atoms with Gasteiger partial charge in [-0.1, -0.05) is 231 Å². The summed E-state index contributed by atoms with van der Waals surface area (Å²) >= 11 is 0. The van der Waals surface area contributed by atoms with E-state index in [2.05, 4.69) is 325 Å². The van der Waals surface area contributed by atoms with Gasteiger partial charge in [-0.3, -0.25) is 0 Å². The third kappa shape index (κ3) is 8.08. The smallest absolute Gasteiger partial charge is 0.273 e. The Bertz CT molecular complexity index is 4640. The van der Waals surface area contributed by atoms with Crippen LogP contribution < -0.4 is 41.6 Å². The summed E-state index contributed by atoms with van der Waals surface area (Å²) in [6.07, 6.45) is 0. The van der Waals surface area contributed by atoms with Gasteiger partial charge in [0.15, 0.2) is 0 Å². The van der Waals surface area contributed by atoms with Crippen LogP contribution in [0.1, 0.15) is 79.0 Å². The Kier molecular flexibility index (Phi) is 11.5. The summed E-state index contributed by atoms with van der Waals surface area (Å²) in [7, 11) is -2.36. The molecule has 0 aliphatic carbocycles. The van der Waals surface area contributed by atoms with Crippen LogP contribution in [0.5, 0.6) is 0 Å². The maximum atomic E-state index is 2.65. The predicted molar refractivity (Wildman–Crippen MR) is 365 cm³/mol. The van der Waals surface area contributed by atoms with Gasteiger partial charge in [-0.15, -0.1) is 0 Å². The molecule has 0 atom stereocenters. The van der Waals surface area contributed by atoms with E-state index in [9.17, 15) is 0 Å². The highest BCUT2D eigenvalue weighted by Crippen LogP contribution is 2.51. The van der Waals surface area contributed by atoms with Gasteiger partial charge in [0.2, 0.25) is 0 Å². The van der Waals surface area contributed by atoms with Gasteiger partial charge in [0.1, 0.15) is 8.07 Å². The molecule has 0 fully saturated rings. The molecule has 3 aliphatic heterocycles. The second-order valence-electron chi connectivity index (χ2n) is 27.5. The van der Waals surface area contributed by atoms with Crippen LogP contribution in [0, 0.1) is 0 Å². The summed E-state index contributed by atoms with van der Waals surface area (Å²) < 4.78 is 2.61. The summed E-state index contributed by atoms with van der Waals surface area (Å²) in [5.41, 5.74) is 23.0. The van der Waals surface area contributed by atoms with E-state index in [0.29, 0.717) is 0 Å². The molecule has 4 heterocycles. The van der Waals surface area contributed by atoms with E-state index in [4.69, 9.17) is 0 Å². The minimum atomic E-state index is -2.36. The summed E-state index contributed by atoms with van der Waals surface area (Å²) in [6, 6.07) is 89.4. The highest BCUT2D eigenvalue weighted by molar-refractivity contribution is 7.01. The van der Waals surface area contributed by atoms with E-state index in [1.165, 1.54) is 110 Å². The average Bonchev–Trinajstić information content (AvgIpc) is 1.48. The van der Waals surface area contributed by atoms with Crippen LogP contribution >= 0.6 is 0 Å². The zero-order chi connectivity index (χ0) is 57.8. The normalized spacial score (nSPS) is 14.4. The van der Waals surface area contributed by atoms with Crippen molar-refractivity contribution >= 4 is 125 Å². The van der Waals surface area contributed by atoms with Crippen LogP contribution in [0.3, 0.4) is 0 Å². The van der Waals surface area contributed by atoms with E-state index in [1.807, 2.05) is 0 Å². The Labute approximate surface area is 497 Å². The quantitative estimate of drug-likeness (QED) is 0.129. The average molecular weight is 1100 g/mol. The SMILES string of the molecule is CC(C)(C)c1ccc(-c2cc3c4c(c2)N(c2ccc(C(C)(C)C)cc2)c2c(n(-c5ccc(C(C)(C)C)cc5)c5ccccc25)B4c2ccc4cc2N3c2cccc(c2)[Si](C)(C)c2cccc(c2)N4c2cc3ccccc3c3ccccc23)cc1. The highest BCUT2D eigenvalue weighted by Gasteiger charge is 2.48. The van der Waals surface area contributed by atoms with Gasteiger partial charge in [0.05, 0.1) is 16.9 Å². The maximum absolute atomic E-state index is 2.65. The lowest BCUT2D eigenvalue weighted by Crippen LogP contribution is -2.63. The number of para-hydroxylation sites is 1. The Morgan fingerprint density at radius 3 is 1.46 bits per heavy atom. The van der Waals surface area contributed by atoms with Crippen LogP contribution in [0.25, 0.3) is 49.3 Å². The molecule has 0 saturated carbocycles. The molecule has 84 heavy (non-hydrogen) atoms.